The fraction of sp³-hybridized carbons (Fsp3) is 0.857. The summed E-state index contributed by atoms with van der Waals surface area (Å²) >= 11 is 0. The zero-order valence-corrected chi connectivity index (χ0v) is 6.64. The molecule has 9 heavy (non-hydrogen) atoms. The molecule has 0 aromatic heterocycles. The molecule has 2 heteroatoms. The first-order valence-electron chi connectivity index (χ1n) is 3.08. The normalized spacial score (nSPS) is 8.22. The summed E-state index contributed by atoms with van der Waals surface area (Å²) in [7, 11) is 0. The number of hydrogen-bond donors (Lipinski definition) is 1. The van der Waals surface area contributed by atoms with Crippen LogP contribution in [-0.2, 0) is 4.79 Å². The van der Waals surface area contributed by atoms with Gasteiger partial charge in [0.2, 0.25) is 0 Å². The molecule has 0 saturated heterocycles. The smallest absolute Gasteiger partial charge is 0.126 e. The third-order valence-corrected chi connectivity index (χ3v) is 0.365. The Hall–Kier alpha value is -0.370. The second-order valence-electron chi connectivity index (χ2n) is 2.48. The van der Waals surface area contributed by atoms with E-state index in [1.54, 1.807) is 0 Å². The summed E-state index contributed by atoms with van der Waals surface area (Å²) in [6, 6.07) is 0. The van der Waals surface area contributed by atoms with Crippen molar-refractivity contribution >= 4 is 5.78 Å². The third kappa shape index (κ3) is 91.0. The number of carbonyl (C=O) groups is 1. The van der Waals surface area contributed by atoms with Gasteiger partial charge in [0.15, 0.2) is 0 Å². The molecule has 0 fully saturated rings. The van der Waals surface area contributed by atoms with Gasteiger partial charge in [-0.15, -0.1) is 0 Å². The fourth-order valence-corrected chi connectivity index (χ4v) is 0. The molecule has 0 saturated carbocycles. The maximum absolute atomic E-state index is 9.44. The lowest BCUT2D eigenvalue weighted by Crippen LogP contribution is -1.90. The molecule has 1 N–H and O–H groups in total. The number of aliphatic hydroxyl groups is 1. The molecule has 0 aromatic carbocycles. The molecule has 0 aliphatic carbocycles. The van der Waals surface area contributed by atoms with Crippen LogP contribution < -0.4 is 0 Å². The Morgan fingerprint density at radius 3 is 1.56 bits per heavy atom. The summed E-state index contributed by atoms with van der Waals surface area (Å²) in [5.41, 5.74) is 0. The summed E-state index contributed by atoms with van der Waals surface area (Å²) in [6.07, 6.45) is 0. The van der Waals surface area contributed by atoms with E-state index < -0.39 is 0 Å². The Bertz CT molecular complexity index is 63.3. The molecule has 0 aliphatic heterocycles. The van der Waals surface area contributed by atoms with Gasteiger partial charge in [0, 0.05) is 6.61 Å². The topological polar surface area (TPSA) is 37.3 Å². The van der Waals surface area contributed by atoms with Gasteiger partial charge < -0.3 is 9.90 Å². The van der Waals surface area contributed by atoms with Crippen LogP contribution in [-0.4, -0.2) is 17.5 Å². The maximum Gasteiger partial charge on any atom is 0.126 e. The summed E-state index contributed by atoms with van der Waals surface area (Å²) < 4.78 is 0. The Labute approximate surface area is 56.9 Å². The molecule has 0 aliphatic rings. The van der Waals surface area contributed by atoms with E-state index in [9.17, 15) is 4.79 Å². The van der Waals surface area contributed by atoms with Crippen LogP contribution in [0.4, 0.5) is 0 Å². The van der Waals surface area contributed by atoms with Gasteiger partial charge in [-0.1, -0.05) is 13.8 Å². The second-order valence-corrected chi connectivity index (χ2v) is 2.48. The van der Waals surface area contributed by atoms with Gasteiger partial charge in [-0.3, -0.25) is 0 Å². The molecule has 56 valence electrons. The molecule has 0 amide bonds. The average molecular weight is 132 g/mol. The van der Waals surface area contributed by atoms with E-state index in [4.69, 9.17) is 5.11 Å². The van der Waals surface area contributed by atoms with E-state index in [-0.39, 0.29) is 5.78 Å². The minimum Gasteiger partial charge on any atom is -0.396 e. The molecule has 0 spiro atoms. The van der Waals surface area contributed by atoms with Crippen molar-refractivity contribution in [2.75, 3.05) is 6.61 Å². The molecule has 0 atom stereocenters. The number of rotatable bonds is 1. The minimum atomic E-state index is 0.167. The largest absolute Gasteiger partial charge is 0.396 e. The Balaban J connectivity index is 0. The summed E-state index contributed by atoms with van der Waals surface area (Å²) in [5.74, 6) is 0.606. The predicted molar refractivity (Wildman–Crippen MR) is 38.3 cm³/mol. The first kappa shape index (κ1) is 11.4. The quantitative estimate of drug-likeness (QED) is 0.582. The Morgan fingerprint density at radius 2 is 1.56 bits per heavy atom. The standard InChI is InChI=1S/C4H10O.C3H6O/c1-4(2)3-5;1-3(2)4/h4-5H,3H2,1-2H3;1-2H3. The predicted octanol–water partition coefficient (Wildman–Crippen LogP) is 1.23. The van der Waals surface area contributed by atoms with E-state index in [1.807, 2.05) is 13.8 Å². The summed E-state index contributed by atoms with van der Waals surface area (Å²) in [5, 5.41) is 8.14. The average Bonchev–Trinajstić information content (AvgIpc) is 1.65. The summed E-state index contributed by atoms with van der Waals surface area (Å²) in [4.78, 5) is 9.44. The van der Waals surface area contributed by atoms with Crippen LogP contribution in [0.1, 0.15) is 27.7 Å². The number of hydrogen-bond acceptors (Lipinski definition) is 2. The number of carbonyl (C=O) groups excluding carboxylic acids is 1. The molecule has 0 radical (unpaired) electrons. The monoisotopic (exact) mass is 132 g/mol. The van der Waals surface area contributed by atoms with Gasteiger partial charge >= 0.3 is 0 Å². The Kier molecular flexibility index (Phi) is 9.69. The number of aliphatic hydroxyl groups excluding tert-OH is 1. The van der Waals surface area contributed by atoms with Gasteiger partial charge in [0.1, 0.15) is 5.78 Å². The minimum absolute atomic E-state index is 0.167. The highest BCUT2D eigenvalue weighted by Crippen LogP contribution is 1.83. The van der Waals surface area contributed by atoms with Crippen molar-refractivity contribution < 1.29 is 9.90 Å². The van der Waals surface area contributed by atoms with Crippen molar-refractivity contribution in [3.8, 4) is 0 Å². The van der Waals surface area contributed by atoms with Crippen molar-refractivity contribution in [1.29, 1.82) is 0 Å². The SMILES string of the molecule is CC(C)=O.CC(C)CO. The fourth-order valence-electron chi connectivity index (χ4n) is 0. The third-order valence-electron chi connectivity index (χ3n) is 0.365. The van der Waals surface area contributed by atoms with Crippen molar-refractivity contribution in [3.63, 3.8) is 0 Å². The van der Waals surface area contributed by atoms with Gasteiger partial charge in [-0.25, -0.2) is 0 Å². The lowest BCUT2D eigenvalue weighted by atomic mass is 10.2. The van der Waals surface area contributed by atoms with Crippen molar-refractivity contribution in [1.82, 2.24) is 0 Å². The highest BCUT2D eigenvalue weighted by molar-refractivity contribution is 5.72. The van der Waals surface area contributed by atoms with Gasteiger partial charge in [0.25, 0.3) is 0 Å². The second kappa shape index (κ2) is 7.63. The molecule has 0 rings (SSSR count). The van der Waals surface area contributed by atoms with Crippen LogP contribution in [0.5, 0.6) is 0 Å². The Morgan fingerprint density at radius 1 is 1.44 bits per heavy atom. The van der Waals surface area contributed by atoms with Crippen LogP contribution in [0.15, 0.2) is 0 Å². The molecule has 0 unspecified atom stereocenters. The van der Waals surface area contributed by atoms with Gasteiger partial charge in [0.05, 0.1) is 0 Å². The number of Topliss-reactive ketones (excluding diaryl/α,β-unsaturated/α-hetero) is 1. The van der Waals surface area contributed by atoms with Crippen molar-refractivity contribution in [3.05, 3.63) is 0 Å². The molecule has 0 aromatic rings. The first-order valence-corrected chi connectivity index (χ1v) is 3.08. The summed E-state index contributed by atoms with van der Waals surface area (Å²) in [6.45, 7) is 7.31. The molecular weight excluding hydrogens is 116 g/mol. The molecule has 0 heterocycles. The van der Waals surface area contributed by atoms with Crippen LogP contribution in [0.25, 0.3) is 0 Å². The van der Waals surface area contributed by atoms with E-state index in [0.29, 0.717) is 12.5 Å². The van der Waals surface area contributed by atoms with Gasteiger partial charge in [-0.2, -0.15) is 0 Å². The van der Waals surface area contributed by atoms with Crippen LogP contribution in [0.3, 0.4) is 0 Å². The van der Waals surface area contributed by atoms with Crippen molar-refractivity contribution in [2.45, 2.75) is 27.7 Å². The zero-order valence-electron chi connectivity index (χ0n) is 6.64. The maximum atomic E-state index is 9.44. The lowest BCUT2D eigenvalue weighted by molar-refractivity contribution is -0.114. The highest BCUT2D eigenvalue weighted by Gasteiger charge is 1.81. The highest BCUT2D eigenvalue weighted by atomic mass is 16.3. The van der Waals surface area contributed by atoms with Crippen LogP contribution >= 0.6 is 0 Å². The molecule has 0 bridgehead atoms. The molecule has 2 nitrogen and oxygen atoms in total. The number of ketones is 1. The van der Waals surface area contributed by atoms with E-state index in [2.05, 4.69) is 0 Å². The van der Waals surface area contributed by atoms with Crippen molar-refractivity contribution in [2.24, 2.45) is 5.92 Å². The van der Waals surface area contributed by atoms with Crippen LogP contribution in [0.2, 0.25) is 0 Å². The van der Waals surface area contributed by atoms with E-state index in [1.165, 1.54) is 13.8 Å². The molecular formula is C7H16O2. The van der Waals surface area contributed by atoms with E-state index >= 15 is 0 Å². The lowest BCUT2D eigenvalue weighted by Gasteiger charge is -1.90. The first-order chi connectivity index (χ1) is 4.00. The zero-order chi connectivity index (χ0) is 7.86. The van der Waals surface area contributed by atoms with Gasteiger partial charge in [-0.05, 0) is 19.8 Å². The van der Waals surface area contributed by atoms with Crippen LogP contribution in [0, 0.1) is 5.92 Å². The van der Waals surface area contributed by atoms with E-state index in [0.717, 1.165) is 0 Å².